The molecule has 0 aliphatic carbocycles. The molecule has 1 N–H and O–H groups in total. The molecule has 102 valence electrons. The van der Waals surface area contributed by atoms with Crippen LogP contribution in [0.3, 0.4) is 0 Å². The highest BCUT2D eigenvalue weighted by atomic mass is 79.9. The molecule has 4 nitrogen and oxygen atoms in total. The Hall–Kier alpha value is -0.790. The zero-order valence-corrected chi connectivity index (χ0v) is 13.9. The molecule has 0 radical (unpaired) electrons. The third-order valence-electron chi connectivity index (χ3n) is 2.31. The summed E-state index contributed by atoms with van der Waals surface area (Å²) in [5, 5.41) is 12.2. The molecule has 19 heavy (non-hydrogen) atoms. The highest BCUT2D eigenvalue weighted by molar-refractivity contribution is 9.10. The third kappa shape index (κ3) is 4.09. The standard InChI is InChI=1S/C12H14BrN3OS2/c1-3-14-11-15-16-12(19-11)18-7-8-4-5-10(17-2)9(13)6-8/h4-6H,3,7H2,1-2H3,(H,14,15). The number of hydrogen-bond donors (Lipinski definition) is 1. The highest BCUT2D eigenvalue weighted by Gasteiger charge is 2.06. The van der Waals surface area contributed by atoms with Crippen LogP contribution in [0.5, 0.6) is 5.75 Å². The molecule has 0 saturated heterocycles. The van der Waals surface area contributed by atoms with Gasteiger partial charge in [-0.2, -0.15) is 0 Å². The first kappa shape index (κ1) is 14.6. The molecule has 0 amide bonds. The van der Waals surface area contributed by atoms with Crippen LogP contribution in [0.2, 0.25) is 0 Å². The fraction of sp³-hybridized carbons (Fsp3) is 0.333. The van der Waals surface area contributed by atoms with Crippen molar-refractivity contribution in [3.63, 3.8) is 0 Å². The summed E-state index contributed by atoms with van der Waals surface area (Å²) < 4.78 is 7.16. The van der Waals surface area contributed by atoms with Gasteiger partial charge in [-0.05, 0) is 40.5 Å². The molecular formula is C12H14BrN3OS2. The van der Waals surface area contributed by atoms with Crippen molar-refractivity contribution < 1.29 is 4.74 Å². The number of rotatable bonds is 6. The maximum atomic E-state index is 5.21. The second-order valence-corrected chi connectivity index (χ2v) is 6.72. The Morgan fingerprint density at radius 2 is 2.26 bits per heavy atom. The van der Waals surface area contributed by atoms with Crippen molar-refractivity contribution in [2.75, 3.05) is 19.0 Å². The van der Waals surface area contributed by atoms with Crippen molar-refractivity contribution >= 4 is 44.2 Å². The van der Waals surface area contributed by atoms with Crippen LogP contribution in [0.25, 0.3) is 0 Å². The normalized spacial score (nSPS) is 10.5. The summed E-state index contributed by atoms with van der Waals surface area (Å²) >= 11 is 6.76. The van der Waals surface area contributed by atoms with E-state index < -0.39 is 0 Å². The quantitative estimate of drug-likeness (QED) is 0.788. The highest BCUT2D eigenvalue weighted by Crippen LogP contribution is 2.31. The first-order valence-electron chi connectivity index (χ1n) is 5.75. The second kappa shape index (κ2) is 7.12. The minimum atomic E-state index is 0.846. The number of halogens is 1. The van der Waals surface area contributed by atoms with E-state index in [1.54, 1.807) is 30.2 Å². The number of aromatic nitrogens is 2. The Kier molecular flexibility index (Phi) is 5.47. The van der Waals surface area contributed by atoms with Gasteiger partial charge in [0.2, 0.25) is 5.13 Å². The molecule has 1 aromatic heterocycles. The maximum Gasteiger partial charge on any atom is 0.206 e. The van der Waals surface area contributed by atoms with E-state index in [9.17, 15) is 0 Å². The van der Waals surface area contributed by atoms with Crippen molar-refractivity contribution in [1.29, 1.82) is 0 Å². The van der Waals surface area contributed by atoms with E-state index in [1.165, 1.54) is 5.56 Å². The Labute approximate surface area is 129 Å². The molecule has 0 fully saturated rings. The van der Waals surface area contributed by atoms with Gasteiger partial charge < -0.3 is 10.1 Å². The summed E-state index contributed by atoms with van der Waals surface area (Å²) in [6, 6.07) is 6.09. The smallest absolute Gasteiger partial charge is 0.206 e. The molecule has 0 aliphatic rings. The van der Waals surface area contributed by atoms with Gasteiger partial charge in [-0.25, -0.2) is 0 Å². The molecule has 1 heterocycles. The van der Waals surface area contributed by atoms with Gasteiger partial charge in [-0.15, -0.1) is 10.2 Å². The van der Waals surface area contributed by atoms with Crippen molar-refractivity contribution in [3.05, 3.63) is 28.2 Å². The van der Waals surface area contributed by atoms with E-state index in [0.717, 1.165) is 32.0 Å². The Morgan fingerprint density at radius 1 is 1.42 bits per heavy atom. The monoisotopic (exact) mass is 359 g/mol. The predicted octanol–water partition coefficient (Wildman–Crippen LogP) is 4.03. The summed E-state index contributed by atoms with van der Waals surface area (Å²) in [6.07, 6.45) is 0. The number of methoxy groups -OCH3 is 1. The molecule has 2 aromatic rings. The molecule has 2 rings (SSSR count). The van der Waals surface area contributed by atoms with Gasteiger partial charge in [0.05, 0.1) is 11.6 Å². The lowest BCUT2D eigenvalue weighted by atomic mass is 10.2. The second-order valence-electron chi connectivity index (χ2n) is 3.66. The van der Waals surface area contributed by atoms with Crippen LogP contribution < -0.4 is 10.1 Å². The van der Waals surface area contributed by atoms with Crippen LogP contribution in [-0.4, -0.2) is 23.9 Å². The van der Waals surface area contributed by atoms with Gasteiger partial charge in [0, 0.05) is 12.3 Å². The lowest BCUT2D eigenvalue weighted by Crippen LogP contribution is -1.94. The molecule has 7 heteroatoms. The minimum absolute atomic E-state index is 0.846. The van der Waals surface area contributed by atoms with E-state index >= 15 is 0 Å². The summed E-state index contributed by atoms with van der Waals surface area (Å²) in [5.74, 6) is 1.71. The van der Waals surface area contributed by atoms with Gasteiger partial charge in [-0.1, -0.05) is 29.2 Å². The first-order valence-corrected chi connectivity index (χ1v) is 8.35. The molecule has 0 aliphatic heterocycles. The minimum Gasteiger partial charge on any atom is -0.496 e. The van der Waals surface area contributed by atoms with Crippen LogP contribution in [0.15, 0.2) is 27.0 Å². The van der Waals surface area contributed by atoms with E-state index in [4.69, 9.17) is 4.74 Å². The van der Waals surface area contributed by atoms with Gasteiger partial charge >= 0.3 is 0 Å². The molecule has 0 spiro atoms. The van der Waals surface area contributed by atoms with Crippen LogP contribution in [0.1, 0.15) is 12.5 Å². The number of hydrogen-bond acceptors (Lipinski definition) is 6. The molecule has 1 aromatic carbocycles. The molecule has 0 bridgehead atoms. The van der Waals surface area contributed by atoms with Gasteiger partial charge in [0.1, 0.15) is 5.75 Å². The predicted molar refractivity (Wildman–Crippen MR) is 84.3 cm³/mol. The van der Waals surface area contributed by atoms with Gasteiger partial charge in [0.25, 0.3) is 0 Å². The van der Waals surface area contributed by atoms with Gasteiger partial charge in [0.15, 0.2) is 4.34 Å². The van der Waals surface area contributed by atoms with Crippen LogP contribution in [-0.2, 0) is 5.75 Å². The van der Waals surface area contributed by atoms with E-state index in [1.807, 2.05) is 13.0 Å². The number of nitrogens with zero attached hydrogens (tertiary/aromatic N) is 2. The van der Waals surface area contributed by atoms with E-state index in [2.05, 4.69) is 43.6 Å². The summed E-state index contributed by atoms with van der Waals surface area (Å²) in [5.41, 5.74) is 1.22. The van der Waals surface area contributed by atoms with E-state index in [-0.39, 0.29) is 0 Å². The van der Waals surface area contributed by atoms with Crippen LogP contribution in [0, 0.1) is 0 Å². The summed E-state index contributed by atoms with van der Waals surface area (Å²) in [7, 11) is 1.66. The molecule has 0 saturated carbocycles. The number of ether oxygens (including phenoxy) is 1. The summed E-state index contributed by atoms with van der Waals surface area (Å²) in [4.78, 5) is 0. The molecule has 0 unspecified atom stereocenters. The fourth-order valence-corrected chi connectivity index (χ4v) is 3.79. The maximum absolute atomic E-state index is 5.21. The largest absolute Gasteiger partial charge is 0.496 e. The van der Waals surface area contributed by atoms with Crippen molar-refractivity contribution in [2.45, 2.75) is 17.0 Å². The van der Waals surface area contributed by atoms with Crippen LogP contribution >= 0.6 is 39.0 Å². The lowest BCUT2D eigenvalue weighted by molar-refractivity contribution is 0.412. The average Bonchev–Trinajstić information content (AvgIpc) is 2.85. The SMILES string of the molecule is CCNc1nnc(SCc2ccc(OC)c(Br)c2)s1. The number of nitrogens with one attached hydrogen (secondary N) is 1. The third-order valence-corrected chi connectivity index (χ3v) is 5.02. The number of anilines is 1. The first-order chi connectivity index (χ1) is 9.22. The van der Waals surface area contributed by atoms with Crippen LogP contribution in [0.4, 0.5) is 5.13 Å². The Morgan fingerprint density at radius 3 is 2.95 bits per heavy atom. The lowest BCUT2D eigenvalue weighted by Gasteiger charge is -2.05. The van der Waals surface area contributed by atoms with E-state index in [0.29, 0.717) is 0 Å². The average molecular weight is 360 g/mol. The fourth-order valence-electron chi connectivity index (χ4n) is 1.44. The number of thioether (sulfide) groups is 1. The topological polar surface area (TPSA) is 47.0 Å². The zero-order chi connectivity index (χ0) is 13.7. The van der Waals surface area contributed by atoms with Crippen molar-refractivity contribution in [2.24, 2.45) is 0 Å². The summed E-state index contributed by atoms with van der Waals surface area (Å²) in [6.45, 7) is 2.91. The Bertz CT molecular complexity index is 548. The molecular weight excluding hydrogens is 346 g/mol. The number of benzene rings is 1. The van der Waals surface area contributed by atoms with Gasteiger partial charge in [-0.3, -0.25) is 0 Å². The molecule has 0 atom stereocenters. The Balaban J connectivity index is 1.95. The zero-order valence-electron chi connectivity index (χ0n) is 10.6. The van der Waals surface area contributed by atoms with Crippen molar-refractivity contribution in [3.8, 4) is 5.75 Å². The van der Waals surface area contributed by atoms with Crippen molar-refractivity contribution in [1.82, 2.24) is 10.2 Å².